The van der Waals surface area contributed by atoms with Crippen molar-refractivity contribution < 1.29 is 41.9 Å². The molecule has 3 N–H and O–H groups in total. The van der Waals surface area contributed by atoms with Gasteiger partial charge in [-0.25, -0.2) is 18.2 Å². The smallest absolute Gasteiger partial charge is 0.408 e. The standard InChI is InChI=1S/C37H46BrN5O9S/c1-7-21(3)30(44)14-13-28(40-35(48)52-36(4,5)6)33(46)43-20-25(51-32-27-17-24(38)10-9-22(27)15-16-39-32)18-29(43)31(45)41-37(19-23(37)8-2)34(47)42-53(49,50)26-11-12-26/h7-10,15-17,23,25-26,28-29H,2,11-14,18-20H2,1,3-6H3,(H,40,48)(H,41,45)(H,42,47)/b21-7+/t23?,25-,28+,29+,37-/m1/s1. The zero-order chi connectivity index (χ0) is 38.9. The van der Waals surface area contributed by atoms with Gasteiger partial charge in [0.15, 0.2) is 5.78 Å². The van der Waals surface area contributed by atoms with E-state index in [1.807, 2.05) is 24.3 Å². The Morgan fingerprint density at radius 2 is 1.89 bits per heavy atom. The number of pyridine rings is 1. The fourth-order valence-corrected chi connectivity index (χ4v) is 8.03. The first-order valence-corrected chi connectivity index (χ1v) is 19.9. The molecule has 1 saturated heterocycles. The molecule has 2 heterocycles. The maximum absolute atomic E-state index is 14.5. The highest BCUT2D eigenvalue weighted by Gasteiger charge is 2.62. The number of ketones is 1. The number of sulfonamides is 1. The number of ether oxygens (including phenoxy) is 2. The number of fused-ring (bicyclic) bond motifs is 1. The summed E-state index contributed by atoms with van der Waals surface area (Å²) in [6.45, 7) is 12.0. The van der Waals surface area contributed by atoms with E-state index in [0.717, 1.165) is 9.86 Å². The van der Waals surface area contributed by atoms with Crippen LogP contribution in [0.5, 0.6) is 5.88 Å². The SMILES string of the molecule is C=CC1C[C@]1(NC(=O)[C@@H]1C[C@@H](Oc2nccc3ccc(Br)cc23)CN1C(=O)[C@H](CCC(=O)/C(C)=C/C)NC(=O)OC(C)(C)C)C(=O)NS(=O)(=O)C1CC1. The molecule has 16 heteroatoms. The number of allylic oxidation sites excluding steroid dienone is 2. The van der Waals surface area contributed by atoms with Crippen LogP contribution < -0.4 is 20.1 Å². The zero-order valence-electron chi connectivity index (χ0n) is 30.4. The predicted octanol–water partition coefficient (Wildman–Crippen LogP) is 4.22. The largest absolute Gasteiger partial charge is 0.472 e. The van der Waals surface area contributed by atoms with E-state index in [1.54, 1.807) is 46.9 Å². The van der Waals surface area contributed by atoms with Crippen molar-refractivity contribution in [2.75, 3.05) is 6.54 Å². The van der Waals surface area contributed by atoms with E-state index in [-0.39, 0.29) is 43.9 Å². The Balaban J connectivity index is 1.45. The number of benzene rings is 1. The lowest BCUT2D eigenvalue weighted by molar-refractivity contribution is -0.141. The van der Waals surface area contributed by atoms with Crippen molar-refractivity contribution in [1.29, 1.82) is 0 Å². The Morgan fingerprint density at radius 3 is 2.51 bits per heavy atom. The predicted molar refractivity (Wildman–Crippen MR) is 200 cm³/mol. The molecule has 1 unspecified atom stereocenters. The van der Waals surface area contributed by atoms with Gasteiger partial charge < -0.3 is 25.0 Å². The van der Waals surface area contributed by atoms with Gasteiger partial charge in [0.25, 0.3) is 5.91 Å². The second kappa shape index (κ2) is 15.6. The van der Waals surface area contributed by atoms with Crippen molar-refractivity contribution in [3.8, 4) is 5.88 Å². The molecular formula is C37H46BrN5O9S. The molecule has 2 aromatic rings. The van der Waals surface area contributed by atoms with Gasteiger partial charge in [-0.2, -0.15) is 0 Å². The molecule has 286 valence electrons. The number of likely N-dealkylation sites (tertiary alicyclic amines) is 1. The van der Waals surface area contributed by atoms with Crippen LogP contribution in [-0.2, 0) is 33.9 Å². The van der Waals surface area contributed by atoms with Crippen LogP contribution in [0.25, 0.3) is 10.8 Å². The summed E-state index contributed by atoms with van der Waals surface area (Å²) < 4.78 is 40.1. The van der Waals surface area contributed by atoms with Crippen LogP contribution in [-0.4, -0.2) is 89.0 Å². The number of carbonyl (C=O) groups is 5. The van der Waals surface area contributed by atoms with Crippen molar-refractivity contribution in [1.82, 2.24) is 25.2 Å². The van der Waals surface area contributed by atoms with Crippen LogP contribution in [0.1, 0.15) is 73.1 Å². The average molecular weight is 817 g/mol. The van der Waals surface area contributed by atoms with Gasteiger partial charge in [-0.15, -0.1) is 6.58 Å². The minimum atomic E-state index is -3.93. The summed E-state index contributed by atoms with van der Waals surface area (Å²) in [5, 5.41) is 6.22. The summed E-state index contributed by atoms with van der Waals surface area (Å²) in [5.41, 5.74) is -2.00. The lowest BCUT2D eigenvalue weighted by Crippen LogP contribution is -2.58. The molecule has 14 nitrogen and oxygen atoms in total. The van der Waals surface area contributed by atoms with Crippen molar-refractivity contribution in [2.24, 2.45) is 5.92 Å². The molecule has 0 bridgehead atoms. The van der Waals surface area contributed by atoms with Crippen LogP contribution in [0.4, 0.5) is 4.79 Å². The van der Waals surface area contributed by atoms with Gasteiger partial charge in [0.05, 0.1) is 11.8 Å². The van der Waals surface area contributed by atoms with E-state index in [0.29, 0.717) is 23.8 Å². The number of hydrogen-bond donors (Lipinski definition) is 3. The average Bonchev–Trinajstić information content (AvgIpc) is 4.02. The molecule has 0 radical (unpaired) electrons. The van der Waals surface area contributed by atoms with Crippen LogP contribution in [0, 0.1) is 5.92 Å². The number of nitrogens with zero attached hydrogens (tertiary/aromatic N) is 2. The summed E-state index contributed by atoms with van der Waals surface area (Å²) in [7, 11) is -3.93. The van der Waals surface area contributed by atoms with E-state index in [1.165, 1.54) is 11.0 Å². The van der Waals surface area contributed by atoms with Crippen molar-refractivity contribution in [3.05, 3.63) is 59.2 Å². The number of alkyl carbamates (subject to hydrolysis) is 1. The number of Topliss-reactive ketones (excluding diaryl/α,β-unsaturated/α-hetero) is 1. The third kappa shape index (κ3) is 9.44. The molecule has 2 aliphatic carbocycles. The molecular weight excluding hydrogens is 770 g/mol. The first-order chi connectivity index (χ1) is 24.9. The number of hydrogen-bond acceptors (Lipinski definition) is 10. The number of aromatic nitrogens is 1. The summed E-state index contributed by atoms with van der Waals surface area (Å²) in [5.74, 6) is -2.78. The number of amides is 4. The molecule has 5 rings (SSSR count). The van der Waals surface area contributed by atoms with E-state index >= 15 is 0 Å². The van der Waals surface area contributed by atoms with Crippen LogP contribution in [0.2, 0.25) is 0 Å². The Hall–Kier alpha value is -4.31. The monoisotopic (exact) mass is 815 g/mol. The van der Waals surface area contributed by atoms with Gasteiger partial charge in [0.2, 0.25) is 27.7 Å². The normalized spacial score (nSPS) is 23.5. The minimum absolute atomic E-state index is 0.0315. The second-order valence-electron chi connectivity index (χ2n) is 14.8. The molecule has 3 fully saturated rings. The summed E-state index contributed by atoms with van der Waals surface area (Å²) in [6, 6.07) is 4.92. The molecule has 53 heavy (non-hydrogen) atoms. The van der Waals surface area contributed by atoms with E-state index in [9.17, 15) is 32.4 Å². The lowest BCUT2D eigenvalue weighted by Gasteiger charge is -2.30. The summed E-state index contributed by atoms with van der Waals surface area (Å²) in [4.78, 5) is 73.7. The van der Waals surface area contributed by atoms with Crippen molar-refractivity contribution in [2.45, 2.75) is 108 Å². The highest BCUT2D eigenvalue weighted by atomic mass is 79.9. The van der Waals surface area contributed by atoms with Crippen molar-refractivity contribution in [3.63, 3.8) is 0 Å². The lowest BCUT2D eigenvalue weighted by atomic mass is 10.0. The molecule has 2 saturated carbocycles. The fraction of sp³-hybridized carbons (Fsp3) is 0.514. The third-order valence-corrected chi connectivity index (χ3v) is 11.9. The summed E-state index contributed by atoms with van der Waals surface area (Å²) in [6.07, 6.45) is 3.83. The molecule has 5 atom stereocenters. The molecule has 1 aliphatic heterocycles. The number of rotatable bonds is 14. The zero-order valence-corrected chi connectivity index (χ0v) is 32.8. The fourth-order valence-electron chi connectivity index (χ4n) is 6.30. The number of halogens is 1. The maximum Gasteiger partial charge on any atom is 0.408 e. The molecule has 1 aromatic heterocycles. The first-order valence-electron chi connectivity index (χ1n) is 17.5. The number of nitrogens with one attached hydrogen (secondary N) is 3. The van der Waals surface area contributed by atoms with E-state index in [2.05, 4.69) is 42.8 Å². The molecule has 0 spiro atoms. The van der Waals surface area contributed by atoms with Crippen molar-refractivity contribution >= 4 is 66.3 Å². The summed E-state index contributed by atoms with van der Waals surface area (Å²) >= 11 is 3.48. The number of carbonyl (C=O) groups excluding carboxylic acids is 5. The van der Waals surface area contributed by atoms with Gasteiger partial charge >= 0.3 is 6.09 Å². The van der Waals surface area contributed by atoms with Gasteiger partial charge in [-0.05, 0) is 89.5 Å². The molecule has 1 aromatic carbocycles. The Bertz CT molecular complexity index is 1960. The van der Waals surface area contributed by atoms with Crippen LogP contribution >= 0.6 is 15.9 Å². The quantitative estimate of drug-likeness (QED) is 0.184. The topological polar surface area (TPSA) is 190 Å². The van der Waals surface area contributed by atoms with Gasteiger partial charge in [-0.3, -0.25) is 23.9 Å². The van der Waals surface area contributed by atoms with E-state index in [4.69, 9.17) is 9.47 Å². The van der Waals surface area contributed by atoms with Crippen LogP contribution in [0.15, 0.2) is 59.2 Å². The second-order valence-corrected chi connectivity index (χ2v) is 17.7. The Morgan fingerprint density at radius 1 is 1.17 bits per heavy atom. The highest BCUT2D eigenvalue weighted by molar-refractivity contribution is 9.10. The highest BCUT2D eigenvalue weighted by Crippen LogP contribution is 2.45. The maximum atomic E-state index is 14.5. The van der Waals surface area contributed by atoms with Crippen LogP contribution in [0.3, 0.4) is 0 Å². The molecule has 3 aliphatic rings. The van der Waals surface area contributed by atoms with Gasteiger partial charge in [-0.1, -0.05) is 34.1 Å². The third-order valence-electron chi connectivity index (χ3n) is 9.59. The Kier molecular flexibility index (Phi) is 11.7. The van der Waals surface area contributed by atoms with Gasteiger partial charge in [0, 0.05) is 34.8 Å². The Labute approximate surface area is 317 Å². The first kappa shape index (κ1) is 39.9. The molecule has 4 amide bonds. The van der Waals surface area contributed by atoms with E-state index < -0.39 is 74.3 Å². The minimum Gasteiger partial charge on any atom is -0.472 e. The van der Waals surface area contributed by atoms with Gasteiger partial charge in [0.1, 0.15) is 29.3 Å².